The van der Waals surface area contributed by atoms with Crippen LogP contribution in [0.1, 0.15) is 31.0 Å². The quantitative estimate of drug-likeness (QED) is 0.615. The lowest BCUT2D eigenvalue weighted by atomic mass is 10.1. The Hall–Kier alpha value is -1.77. The number of nitrogens with zero attached hydrogens (tertiary/aromatic N) is 1. The molecule has 0 atom stereocenters. The van der Waals surface area contributed by atoms with Crippen LogP contribution in [0.15, 0.2) is 54.7 Å². The fraction of sp³-hybridized carbons (Fsp3) is 0.300. The van der Waals surface area contributed by atoms with Gasteiger partial charge in [0.05, 0.1) is 0 Å². The average Bonchev–Trinajstić information content (AvgIpc) is 2.92. The Balaban J connectivity index is 1.64. The summed E-state index contributed by atoms with van der Waals surface area (Å²) in [5, 5.41) is 5.70. The molecule has 0 aliphatic heterocycles. The molecule has 0 bridgehead atoms. The molecule has 0 unspecified atom stereocenters. The first-order valence-electron chi connectivity index (χ1n) is 8.19. The fourth-order valence-electron chi connectivity index (χ4n) is 2.95. The topological polar surface area (TPSA) is 17.0 Å². The zero-order valence-corrected chi connectivity index (χ0v) is 14.5. The van der Waals surface area contributed by atoms with Gasteiger partial charge in [-0.25, -0.2) is 0 Å². The number of hydrogen-bond acceptors (Lipinski definition) is 1. The van der Waals surface area contributed by atoms with Gasteiger partial charge in [0.2, 0.25) is 0 Å². The van der Waals surface area contributed by atoms with Crippen molar-refractivity contribution >= 4 is 22.5 Å². The van der Waals surface area contributed by atoms with Crippen molar-refractivity contribution in [2.24, 2.45) is 0 Å². The molecule has 3 heteroatoms. The second kappa shape index (κ2) is 7.20. The highest BCUT2D eigenvalue weighted by atomic mass is 35.5. The minimum Gasteiger partial charge on any atom is -0.345 e. The molecule has 2 aromatic carbocycles. The minimum absolute atomic E-state index is 0.475. The van der Waals surface area contributed by atoms with E-state index in [4.69, 9.17) is 11.6 Å². The molecule has 0 amide bonds. The van der Waals surface area contributed by atoms with Crippen molar-refractivity contribution in [3.05, 3.63) is 70.9 Å². The average molecular weight is 327 g/mol. The Bertz CT molecular complexity index is 772. The van der Waals surface area contributed by atoms with E-state index >= 15 is 0 Å². The number of rotatable bonds is 6. The Labute approximate surface area is 143 Å². The van der Waals surface area contributed by atoms with Gasteiger partial charge >= 0.3 is 0 Å². The van der Waals surface area contributed by atoms with Crippen LogP contribution in [0.4, 0.5) is 0 Å². The summed E-state index contributed by atoms with van der Waals surface area (Å²) in [6.07, 6.45) is 3.30. The SMILES string of the molecule is CC(C)n1cc(CNCCc2ccc(Cl)cc2)c2ccccc21. The largest absolute Gasteiger partial charge is 0.345 e. The standard InChI is InChI=1S/C20H23ClN2/c1-15(2)23-14-17(19-5-3-4-6-20(19)23)13-22-12-11-16-7-9-18(21)10-8-16/h3-10,14-15,22H,11-13H2,1-2H3. The van der Waals surface area contributed by atoms with Crippen LogP contribution in [-0.2, 0) is 13.0 Å². The summed E-state index contributed by atoms with van der Waals surface area (Å²) in [5.74, 6) is 0. The molecule has 0 saturated heterocycles. The van der Waals surface area contributed by atoms with Gasteiger partial charge in [0, 0.05) is 34.7 Å². The van der Waals surface area contributed by atoms with Crippen molar-refractivity contribution < 1.29 is 0 Å². The normalized spacial score (nSPS) is 11.5. The Kier molecular flexibility index (Phi) is 5.04. The predicted octanol–water partition coefficient (Wildman–Crippen LogP) is 5.21. The Morgan fingerprint density at radius 3 is 2.52 bits per heavy atom. The number of nitrogens with one attached hydrogen (secondary N) is 1. The molecule has 2 nitrogen and oxygen atoms in total. The molecule has 3 aromatic rings. The number of hydrogen-bond donors (Lipinski definition) is 1. The second-order valence-electron chi connectivity index (χ2n) is 6.23. The summed E-state index contributed by atoms with van der Waals surface area (Å²) in [6, 6.07) is 17.2. The molecule has 3 rings (SSSR count). The van der Waals surface area contributed by atoms with E-state index in [0.29, 0.717) is 6.04 Å². The van der Waals surface area contributed by atoms with Crippen LogP contribution in [0.2, 0.25) is 5.02 Å². The third-order valence-electron chi connectivity index (χ3n) is 4.20. The monoisotopic (exact) mass is 326 g/mol. The van der Waals surface area contributed by atoms with Crippen LogP contribution in [0.5, 0.6) is 0 Å². The third-order valence-corrected chi connectivity index (χ3v) is 4.45. The first-order valence-corrected chi connectivity index (χ1v) is 8.56. The van der Waals surface area contributed by atoms with Gasteiger partial charge in [0.15, 0.2) is 0 Å². The number of halogens is 1. The van der Waals surface area contributed by atoms with Crippen LogP contribution in [0.3, 0.4) is 0 Å². The fourth-order valence-corrected chi connectivity index (χ4v) is 3.08. The van der Waals surface area contributed by atoms with E-state index in [0.717, 1.165) is 24.5 Å². The number of benzene rings is 2. The molecule has 23 heavy (non-hydrogen) atoms. The van der Waals surface area contributed by atoms with Gasteiger partial charge in [-0.1, -0.05) is 41.9 Å². The number of para-hydroxylation sites is 1. The number of fused-ring (bicyclic) bond motifs is 1. The van der Waals surface area contributed by atoms with Crippen molar-refractivity contribution in [3.8, 4) is 0 Å². The molecule has 0 spiro atoms. The van der Waals surface area contributed by atoms with Crippen LogP contribution in [0.25, 0.3) is 10.9 Å². The molecule has 0 aliphatic rings. The number of aromatic nitrogens is 1. The zero-order valence-electron chi connectivity index (χ0n) is 13.7. The van der Waals surface area contributed by atoms with Gasteiger partial charge in [0.1, 0.15) is 0 Å². The maximum absolute atomic E-state index is 5.92. The molecular weight excluding hydrogens is 304 g/mol. The van der Waals surface area contributed by atoms with E-state index in [1.165, 1.54) is 22.0 Å². The van der Waals surface area contributed by atoms with Gasteiger partial charge in [-0.3, -0.25) is 0 Å². The van der Waals surface area contributed by atoms with Crippen molar-refractivity contribution in [1.29, 1.82) is 0 Å². The van der Waals surface area contributed by atoms with Crippen LogP contribution < -0.4 is 5.32 Å². The lowest BCUT2D eigenvalue weighted by molar-refractivity contribution is 0.616. The summed E-state index contributed by atoms with van der Waals surface area (Å²) in [6.45, 7) is 6.31. The third kappa shape index (κ3) is 3.77. The lowest BCUT2D eigenvalue weighted by Crippen LogP contribution is -2.16. The molecule has 0 radical (unpaired) electrons. The van der Waals surface area contributed by atoms with Crippen molar-refractivity contribution in [2.45, 2.75) is 32.9 Å². The minimum atomic E-state index is 0.475. The van der Waals surface area contributed by atoms with Crippen LogP contribution >= 0.6 is 11.6 Å². The molecule has 1 aromatic heterocycles. The van der Waals surface area contributed by atoms with Crippen molar-refractivity contribution in [2.75, 3.05) is 6.54 Å². The zero-order chi connectivity index (χ0) is 16.2. The summed E-state index contributed by atoms with van der Waals surface area (Å²) in [7, 11) is 0. The Morgan fingerprint density at radius 2 is 1.78 bits per heavy atom. The summed E-state index contributed by atoms with van der Waals surface area (Å²) in [5.41, 5.74) is 3.99. The molecule has 0 fully saturated rings. The van der Waals surface area contributed by atoms with Crippen molar-refractivity contribution in [3.63, 3.8) is 0 Å². The van der Waals surface area contributed by atoms with E-state index < -0.39 is 0 Å². The lowest BCUT2D eigenvalue weighted by Gasteiger charge is -2.08. The highest BCUT2D eigenvalue weighted by Crippen LogP contribution is 2.24. The van der Waals surface area contributed by atoms with E-state index in [2.05, 4.69) is 66.3 Å². The highest BCUT2D eigenvalue weighted by Gasteiger charge is 2.09. The van der Waals surface area contributed by atoms with Gasteiger partial charge in [0.25, 0.3) is 0 Å². The maximum atomic E-state index is 5.92. The molecule has 1 heterocycles. The van der Waals surface area contributed by atoms with Gasteiger partial charge in [-0.2, -0.15) is 0 Å². The van der Waals surface area contributed by atoms with Crippen LogP contribution in [-0.4, -0.2) is 11.1 Å². The van der Waals surface area contributed by atoms with Crippen molar-refractivity contribution in [1.82, 2.24) is 9.88 Å². The summed E-state index contributed by atoms with van der Waals surface area (Å²) >= 11 is 5.92. The smallest absolute Gasteiger partial charge is 0.0486 e. The van der Waals surface area contributed by atoms with E-state index in [1.54, 1.807) is 0 Å². The van der Waals surface area contributed by atoms with Gasteiger partial charge in [-0.05, 0) is 56.1 Å². The highest BCUT2D eigenvalue weighted by molar-refractivity contribution is 6.30. The second-order valence-corrected chi connectivity index (χ2v) is 6.66. The van der Waals surface area contributed by atoms with E-state index in [1.807, 2.05) is 12.1 Å². The van der Waals surface area contributed by atoms with Gasteiger partial charge < -0.3 is 9.88 Å². The van der Waals surface area contributed by atoms with Crippen LogP contribution in [0, 0.1) is 0 Å². The summed E-state index contributed by atoms with van der Waals surface area (Å²) in [4.78, 5) is 0. The summed E-state index contributed by atoms with van der Waals surface area (Å²) < 4.78 is 2.35. The van der Waals surface area contributed by atoms with Gasteiger partial charge in [-0.15, -0.1) is 0 Å². The molecule has 1 N–H and O–H groups in total. The predicted molar refractivity (Wildman–Crippen MR) is 99.2 cm³/mol. The van der Waals surface area contributed by atoms with E-state index in [9.17, 15) is 0 Å². The first kappa shape index (κ1) is 16.1. The maximum Gasteiger partial charge on any atom is 0.0486 e. The first-order chi connectivity index (χ1) is 11.1. The van der Waals surface area contributed by atoms with E-state index in [-0.39, 0.29) is 0 Å². The Morgan fingerprint density at radius 1 is 1.04 bits per heavy atom. The molecular formula is C20H23ClN2. The molecule has 0 saturated carbocycles. The molecule has 120 valence electrons. The molecule has 0 aliphatic carbocycles.